The van der Waals surface area contributed by atoms with Crippen molar-refractivity contribution in [3.05, 3.63) is 20.8 Å². The van der Waals surface area contributed by atoms with Gasteiger partial charge in [-0.05, 0) is 33.8 Å². The summed E-state index contributed by atoms with van der Waals surface area (Å²) in [7, 11) is 0. The second-order valence-electron chi connectivity index (χ2n) is 3.00. The molecule has 15 heavy (non-hydrogen) atoms. The molecule has 5 heteroatoms. The lowest BCUT2D eigenvalue weighted by atomic mass is 10.1. The van der Waals surface area contributed by atoms with Gasteiger partial charge in [0.2, 0.25) is 5.91 Å². The molecule has 0 saturated heterocycles. The summed E-state index contributed by atoms with van der Waals surface area (Å²) < 4.78 is 0.998. The Hall–Kier alpha value is -0.860. The third kappa shape index (κ3) is 3.33. The predicted molar refractivity (Wildman–Crippen MR) is 63.3 cm³/mol. The summed E-state index contributed by atoms with van der Waals surface area (Å²) in [5, 5.41) is 13.4. The molecule has 1 heterocycles. The number of halogens is 1. The summed E-state index contributed by atoms with van der Waals surface area (Å²) in [6.07, 6.45) is 0.550. The van der Waals surface area contributed by atoms with E-state index >= 15 is 0 Å². The van der Waals surface area contributed by atoms with Crippen LogP contribution in [0.25, 0.3) is 0 Å². The minimum atomic E-state index is -0.538. The largest absolute Gasteiger partial charge is 0.350 e. The van der Waals surface area contributed by atoms with Gasteiger partial charge in [0.1, 0.15) is 5.92 Å². The van der Waals surface area contributed by atoms with Crippen LogP contribution in [0.5, 0.6) is 0 Å². The first kappa shape index (κ1) is 12.2. The van der Waals surface area contributed by atoms with Crippen molar-refractivity contribution < 1.29 is 4.79 Å². The maximum atomic E-state index is 11.5. The Kier molecular flexibility index (Phi) is 4.79. The Morgan fingerprint density at radius 3 is 3.00 bits per heavy atom. The molecule has 0 saturated carbocycles. The molecule has 1 amide bonds. The van der Waals surface area contributed by atoms with Crippen molar-refractivity contribution in [3.63, 3.8) is 0 Å². The number of carbonyl (C=O) groups excluding carboxylic acids is 1. The molecule has 1 aromatic heterocycles. The molecule has 0 spiro atoms. The van der Waals surface area contributed by atoms with Gasteiger partial charge in [-0.2, -0.15) is 5.26 Å². The van der Waals surface area contributed by atoms with Gasteiger partial charge in [-0.25, -0.2) is 0 Å². The standard InChI is InChI=1S/C10H11BrN2OS/c1-2-7(5-12)10(14)13-6-9-8(11)3-4-15-9/h3-4,7H,2,6H2,1H3,(H,13,14). The summed E-state index contributed by atoms with van der Waals surface area (Å²) >= 11 is 4.96. The fourth-order valence-electron chi connectivity index (χ4n) is 1.08. The number of amides is 1. The SMILES string of the molecule is CCC(C#N)C(=O)NCc1sccc1Br. The Bertz CT molecular complexity index is 383. The minimum Gasteiger partial charge on any atom is -0.350 e. The monoisotopic (exact) mass is 286 g/mol. The second-order valence-corrected chi connectivity index (χ2v) is 4.85. The van der Waals surface area contributed by atoms with Crippen molar-refractivity contribution >= 4 is 33.2 Å². The number of nitrogens with one attached hydrogen (secondary N) is 1. The van der Waals surface area contributed by atoms with Gasteiger partial charge in [0.05, 0.1) is 12.6 Å². The van der Waals surface area contributed by atoms with Crippen molar-refractivity contribution in [3.8, 4) is 6.07 Å². The van der Waals surface area contributed by atoms with E-state index in [1.807, 2.05) is 24.4 Å². The van der Waals surface area contributed by atoms with Crippen LogP contribution in [0.4, 0.5) is 0 Å². The summed E-state index contributed by atoms with van der Waals surface area (Å²) in [6, 6.07) is 3.91. The molecule has 80 valence electrons. The Morgan fingerprint density at radius 2 is 2.53 bits per heavy atom. The second kappa shape index (κ2) is 5.89. The maximum Gasteiger partial charge on any atom is 0.237 e. The van der Waals surface area contributed by atoms with Crippen LogP contribution in [0.3, 0.4) is 0 Å². The number of nitriles is 1. The summed E-state index contributed by atoms with van der Waals surface area (Å²) in [5.74, 6) is -0.732. The van der Waals surface area contributed by atoms with Crippen molar-refractivity contribution in [2.45, 2.75) is 19.9 Å². The van der Waals surface area contributed by atoms with E-state index < -0.39 is 5.92 Å². The zero-order valence-electron chi connectivity index (χ0n) is 8.29. The molecule has 0 aromatic carbocycles. The molecule has 1 N–H and O–H groups in total. The Morgan fingerprint density at radius 1 is 1.80 bits per heavy atom. The molecule has 0 aliphatic rings. The van der Waals surface area contributed by atoms with Gasteiger partial charge in [0, 0.05) is 9.35 Å². The van der Waals surface area contributed by atoms with Crippen molar-refractivity contribution in [1.29, 1.82) is 5.26 Å². The molecule has 1 rings (SSSR count). The quantitative estimate of drug-likeness (QED) is 0.925. The third-order valence-electron chi connectivity index (χ3n) is 1.99. The van der Waals surface area contributed by atoms with E-state index in [0.29, 0.717) is 13.0 Å². The Labute approximate surface area is 101 Å². The molecule has 3 nitrogen and oxygen atoms in total. The van der Waals surface area contributed by atoms with Crippen LogP contribution >= 0.6 is 27.3 Å². The van der Waals surface area contributed by atoms with Gasteiger partial charge in [-0.3, -0.25) is 4.79 Å². The number of hydrogen-bond acceptors (Lipinski definition) is 3. The Balaban J connectivity index is 2.48. The molecule has 0 fully saturated rings. The highest BCUT2D eigenvalue weighted by molar-refractivity contribution is 9.10. The van der Waals surface area contributed by atoms with Gasteiger partial charge in [0.25, 0.3) is 0 Å². The summed E-state index contributed by atoms with van der Waals surface area (Å²) in [6.45, 7) is 2.31. The number of hydrogen-bond donors (Lipinski definition) is 1. The van der Waals surface area contributed by atoms with Crippen LogP contribution in [-0.2, 0) is 11.3 Å². The zero-order chi connectivity index (χ0) is 11.3. The van der Waals surface area contributed by atoms with Gasteiger partial charge in [-0.1, -0.05) is 6.92 Å². The minimum absolute atomic E-state index is 0.194. The van der Waals surface area contributed by atoms with E-state index in [1.54, 1.807) is 11.3 Å². The van der Waals surface area contributed by atoms with E-state index in [1.165, 1.54) is 0 Å². The van der Waals surface area contributed by atoms with E-state index in [4.69, 9.17) is 5.26 Å². The molecule has 0 bridgehead atoms. The highest BCUT2D eigenvalue weighted by Crippen LogP contribution is 2.22. The smallest absolute Gasteiger partial charge is 0.237 e. The first-order valence-electron chi connectivity index (χ1n) is 4.58. The first-order valence-corrected chi connectivity index (χ1v) is 6.25. The molecule has 1 aromatic rings. The maximum absolute atomic E-state index is 11.5. The molecule has 0 aliphatic heterocycles. The number of thiophene rings is 1. The topological polar surface area (TPSA) is 52.9 Å². The molecule has 1 atom stereocenters. The van der Waals surface area contributed by atoms with Crippen LogP contribution < -0.4 is 5.32 Å². The molecular weight excluding hydrogens is 276 g/mol. The van der Waals surface area contributed by atoms with Crippen LogP contribution in [0.1, 0.15) is 18.2 Å². The summed E-state index contributed by atoms with van der Waals surface area (Å²) in [5.41, 5.74) is 0. The van der Waals surface area contributed by atoms with Crippen LogP contribution in [-0.4, -0.2) is 5.91 Å². The van der Waals surface area contributed by atoms with Crippen LogP contribution in [0.2, 0.25) is 0 Å². The van der Waals surface area contributed by atoms with Gasteiger partial charge < -0.3 is 5.32 Å². The molecule has 0 aliphatic carbocycles. The van der Waals surface area contributed by atoms with Gasteiger partial charge in [0.15, 0.2) is 0 Å². The highest BCUT2D eigenvalue weighted by Gasteiger charge is 2.15. The number of carbonyl (C=O) groups is 1. The highest BCUT2D eigenvalue weighted by atomic mass is 79.9. The zero-order valence-corrected chi connectivity index (χ0v) is 10.7. The average Bonchev–Trinajstić information content (AvgIpc) is 2.63. The normalized spacial score (nSPS) is 11.8. The average molecular weight is 287 g/mol. The lowest BCUT2D eigenvalue weighted by molar-refractivity contribution is -0.123. The van der Waals surface area contributed by atoms with E-state index in [9.17, 15) is 4.79 Å². The molecule has 0 radical (unpaired) electrons. The van der Waals surface area contributed by atoms with E-state index in [2.05, 4.69) is 21.2 Å². The first-order chi connectivity index (χ1) is 7.19. The van der Waals surface area contributed by atoms with Gasteiger partial charge >= 0.3 is 0 Å². The predicted octanol–water partition coefficient (Wildman–Crippen LogP) is 2.68. The van der Waals surface area contributed by atoms with Crippen LogP contribution in [0, 0.1) is 17.2 Å². The fraction of sp³-hybridized carbons (Fsp3) is 0.400. The van der Waals surface area contributed by atoms with Gasteiger partial charge in [-0.15, -0.1) is 11.3 Å². The van der Waals surface area contributed by atoms with Crippen LogP contribution in [0.15, 0.2) is 15.9 Å². The van der Waals surface area contributed by atoms with E-state index in [0.717, 1.165) is 9.35 Å². The van der Waals surface area contributed by atoms with Crippen molar-refractivity contribution in [1.82, 2.24) is 5.32 Å². The summed E-state index contributed by atoms with van der Waals surface area (Å²) in [4.78, 5) is 12.5. The lowest BCUT2D eigenvalue weighted by Gasteiger charge is -2.07. The van der Waals surface area contributed by atoms with Crippen molar-refractivity contribution in [2.75, 3.05) is 0 Å². The van der Waals surface area contributed by atoms with E-state index in [-0.39, 0.29) is 5.91 Å². The third-order valence-corrected chi connectivity index (χ3v) is 3.92. The molecular formula is C10H11BrN2OS. The fourth-order valence-corrected chi connectivity index (χ4v) is 2.51. The van der Waals surface area contributed by atoms with Crippen molar-refractivity contribution in [2.24, 2.45) is 5.92 Å². The number of nitrogens with zero attached hydrogens (tertiary/aromatic N) is 1. The number of rotatable bonds is 4. The lowest BCUT2D eigenvalue weighted by Crippen LogP contribution is -2.28. The molecule has 1 unspecified atom stereocenters.